The molecule has 3 aromatic rings. The molecule has 2 aromatic heterocycles. The van der Waals surface area contributed by atoms with Crippen molar-refractivity contribution in [2.75, 3.05) is 37.7 Å². The van der Waals surface area contributed by atoms with Crippen molar-refractivity contribution in [3.63, 3.8) is 0 Å². The minimum atomic E-state index is -0.709. The normalized spacial score (nSPS) is 13.9. The number of hydrogen-bond acceptors (Lipinski definition) is 9. The number of fused-ring (bicyclic) bond motifs is 1. The predicted molar refractivity (Wildman–Crippen MR) is 113 cm³/mol. The van der Waals surface area contributed by atoms with Crippen LogP contribution in [-0.2, 0) is 11.8 Å². The molecule has 166 valence electrons. The molecular weight excluding hydrogens is 418 g/mol. The molecule has 1 aliphatic heterocycles. The first-order valence-corrected chi connectivity index (χ1v) is 10.0. The molecule has 0 aliphatic carbocycles. The van der Waals surface area contributed by atoms with Gasteiger partial charge in [0.1, 0.15) is 12.1 Å². The fourth-order valence-corrected chi connectivity index (χ4v) is 3.68. The predicted octanol–water partition coefficient (Wildman–Crippen LogP) is 1.41. The van der Waals surface area contributed by atoms with E-state index >= 15 is 0 Å². The molecule has 12 nitrogen and oxygen atoms in total. The van der Waals surface area contributed by atoms with Crippen molar-refractivity contribution in [3.8, 4) is 0 Å². The Morgan fingerprint density at radius 3 is 2.53 bits per heavy atom. The van der Waals surface area contributed by atoms with Gasteiger partial charge in [-0.05, 0) is 13.0 Å². The molecular formula is C20H21N7O5. The number of rotatable bonds is 5. The lowest BCUT2D eigenvalue weighted by molar-refractivity contribution is -0.384. The molecule has 0 unspecified atom stereocenters. The summed E-state index contributed by atoms with van der Waals surface area (Å²) < 4.78 is 6.60. The molecule has 1 aliphatic rings. The molecule has 0 spiro atoms. The van der Waals surface area contributed by atoms with Crippen LogP contribution in [0.3, 0.4) is 0 Å². The third-order valence-corrected chi connectivity index (χ3v) is 5.26. The van der Waals surface area contributed by atoms with Gasteiger partial charge in [0.25, 0.3) is 11.6 Å². The summed E-state index contributed by atoms with van der Waals surface area (Å²) in [7, 11) is 1.80. The van der Waals surface area contributed by atoms with Crippen LogP contribution in [0.5, 0.6) is 0 Å². The Morgan fingerprint density at radius 1 is 1.12 bits per heavy atom. The lowest BCUT2D eigenvalue weighted by atomic mass is 10.1. The largest absolute Gasteiger partial charge is 0.462 e. The maximum atomic E-state index is 13.1. The monoisotopic (exact) mass is 439 g/mol. The van der Waals surface area contributed by atoms with Gasteiger partial charge in [-0.3, -0.25) is 19.6 Å². The van der Waals surface area contributed by atoms with Gasteiger partial charge in [-0.2, -0.15) is 5.10 Å². The van der Waals surface area contributed by atoms with Crippen LogP contribution in [0.15, 0.2) is 30.7 Å². The first-order chi connectivity index (χ1) is 15.4. The molecule has 1 saturated heterocycles. The summed E-state index contributed by atoms with van der Waals surface area (Å²) in [5.41, 5.74) is 0.435. The third-order valence-electron chi connectivity index (χ3n) is 5.26. The number of non-ortho nitro benzene ring substituents is 1. The second kappa shape index (κ2) is 8.57. The summed E-state index contributed by atoms with van der Waals surface area (Å²) in [6.07, 6.45) is 3.19. The Bertz CT molecular complexity index is 1200. The minimum Gasteiger partial charge on any atom is -0.462 e. The van der Waals surface area contributed by atoms with Crippen molar-refractivity contribution < 1.29 is 19.2 Å². The standard InChI is InChI=1S/C20H21N7O5/c1-3-32-20(29)14-8-13(9-15(10-14)27(30)31)19(28)26-6-4-25(5-7-26)18-16-11-23-24(2)17(16)21-12-22-18/h8-12H,3-7H2,1-2H3. The number of hydrogen-bond donors (Lipinski definition) is 0. The summed E-state index contributed by atoms with van der Waals surface area (Å²) in [6, 6.07) is 3.63. The number of ether oxygens (including phenoxy) is 1. The summed E-state index contributed by atoms with van der Waals surface area (Å²) >= 11 is 0. The van der Waals surface area contributed by atoms with Crippen LogP contribution in [0.4, 0.5) is 11.5 Å². The van der Waals surface area contributed by atoms with Crippen molar-refractivity contribution >= 4 is 34.4 Å². The minimum absolute atomic E-state index is 0.0250. The van der Waals surface area contributed by atoms with Crippen LogP contribution in [-0.4, -0.2) is 74.2 Å². The molecule has 0 radical (unpaired) electrons. The Balaban J connectivity index is 1.53. The molecule has 0 atom stereocenters. The van der Waals surface area contributed by atoms with Gasteiger partial charge in [0.2, 0.25) is 0 Å². The van der Waals surface area contributed by atoms with Gasteiger partial charge in [0.05, 0.1) is 28.7 Å². The zero-order chi connectivity index (χ0) is 22.8. The van der Waals surface area contributed by atoms with Crippen LogP contribution in [0.1, 0.15) is 27.6 Å². The molecule has 1 fully saturated rings. The number of carbonyl (C=O) groups is 2. The van der Waals surface area contributed by atoms with E-state index in [0.717, 1.165) is 22.9 Å². The fraction of sp³-hybridized carbons (Fsp3) is 0.350. The highest BCUT2D eigenvalue weighted by Gasteiger charge is 2.27. The number of nitro benzene ring substituents is 1. The van der Waals surface area contributed by atoms with Crippen LogP contribution in [0.25, 0.3) is 11.0 Å². The van der Waals surface area contributed by atoms with E-state index in [1.165, 1.54) is 18.5 Å². The van der Waals surface area contributed by atoms with Gasteiger partial charge < -0.3 is 14.5 Å². The number of nitro groups is 1. The lowest BCUT2D eigenvalue weighted by Crippen LogP contribution is -2.49. The summed E-state index contributed by atoms with van der Waals surface area (Å²) in [4.78, 5) is 48.1. The Labute approximate surface area is 182 Å². The van der Waals surface area contributed by atoms with Crippen molar-refractivity contribution in [1.82, 2.24) is 24.6 Å². The number of amides is 1. The van der Waals surface area contributed by atoms with Crippen molar-refractivity contribution in [2.45, 2.75) is 6.92 Å². The highest BCUT2D eigenvalue weighted by Crippen LogP contribution is 2.24. The Hall–Kier alpha value is -4.09. The molecule has 12 heteroatoms. The first-order valence-electron chi connectivity index (χ1n) is 10.0. The van der Waals surface area contributed by atoms with Gasteiger partial charge in [-0.1, -0.05) is 0 Å². The van der Waals surface area contributed by atoms with Gasteiger partial charge in [-0.25, -0.2) is 14.8 Å². The maximum absolute atomic E-state index is 13.1. The van der Waals surface area contributed by atoms with E-state index in [4.69, 9.17) is 4.74 Å². The summed E-state index contributed by atoms with van der Waals surface area (Å²) in [5.74, 6) is -0.345. The number of esters is 1. The number of aryl methyl sites for hydroxylation is 1. The quantitative estimate of drug-likeness (QED) is 0.328. The fourth-order valence-electron chi connectivity index (χ4n) is 3.68. The number of anilines is 1. The number of benzene rings is 1. The Morgan fingerprint density at radius 2 is 1.84 bits per heavy atom. The molecule has 4 rings (SSSR count). The van der Waals surface area contributed by atoms with Crippen molar-refractivity contribution in [2.24, 2.45) is 7.05 Å². The molecule has 0 saturated carbocycles. The zero-order valence-electron chi connectivity index (χ0n) is 17.6. The molecule has 0 N–H and O–H groups in total. The Kier molecular flexibility index (Phi) is 5.67. The average molecular weight is 439 g/mol. The van der Waals surface area contributed by atoms with E-state index in [9.17, 15) is 19.7 Å². The summed E-state index contributed by atoms with van der Waals surface area (Å²) in [6.45, 7) is 3.58. The van der Waals surface area contributed by atoms with Crippen molar-refractivity contribution in [3.05, 3.63) is 52.0 Å². The SMILES string of the molecule is CCOC(=O)c1cc(C(=O)N2CCN(c3ncnc4c3cnn4C)CC2)cc([N+](=O)[O-])c1. The van der Waals surface area contributed by atoms with Gasteiger partial charge in [0, 0.05) is 50.9 Å². The number of piperazine rings is 1. The van der Waals surface area contributed by atoms with E-state index in [0.29, 0.717) is 26.2 Å². The number of aromatic nitrogens is 4. The molecule has 0 bridgehead atoms. The smallest absolute Gasteiger partial charge is 0.338 e. The highest BCUT2D eigenvalue weighted by molar-refractivity contribution is 5.99. The topological polar surface area (TPSA) is 137 Å². The highest BCUT2D eigenvalue weighted by atomic mass is 16.6. The molecule has 3 heterocycles. The maximum Gasteiger partial charge on any atom is 0.338 e. The van der Waals surface area contributed by atoms with E-state index in [2.05, 4.69) is 15.1 Å². The average Bonchev–Trinajstić information content (AvgIpc) is 3.19. The van der Waals surface area contributed by atoms with E-state index in [1.807, 2.05) is 4.90 Å². The van der Waals surface area contributed by atoms with E-state index in [-0.39, 0.29) is 29.3 Å². The van der Waals surface area contributed by atoms with Crippen molar-refractivity contribution in [1.29, 1.82) is 0 Å². The van der Waals surface area contributed by atoms with Crippen LogP contribution in [0.2, 0.25) is 0 Å². The lowest BCUT2D eigenvalue weighted by Gasteiger charge is -2.35. The van der Waals surface area contributed by atoms with Crippen LogP contribution >= 0.6 is 0 Å². The number of nitrogens with zero attached hydrogens (tertiary/aromatic N) is 7. The molecule has 32 heavy (non-hydrogen) atoms. The third kappa shape index (κ3) is 3.94. The molecule has 1 amide bonds. The van der Waals surface area contributed by atoms with Gasteiger partial charge >= 0.3 is 5.97 Å². The van der Waals surface area contributed by atoms with E-state index < -0.39 is 10.9 Å². The van der Waals surface area contributed by atoms with Crippen LogP contribution < -0.4 is 4.90 Å². The van der Waals surface area contributed by atoms with Gasteiger partial charge in [0.15, 0.2) is 5.65 Å². The number of carbonyl (C=O) groups excluding carboxylic acids is 2. The zero-order valence-corrected chi connectivity index (χ0v) is 17.6. The van der Waals surface area contributed by atoms with Crippen LogP contribution in [0, 0.1) is 10.1 Å². The molecule has 1 aromatic carbocycles. The second-order valence-electron chi connectivity index (χ2n) is 7.23. The van der Waals surface area contributed by atoms with Gasteiger partial charge in [-0.15, -0.1) is 0 Å². The summed E-state index contributed by atoms with van der Waals surface area (Å²) in [5, 5.41) is 16.3. The first kappa shape index (κ1) is 21.2. The second-order valence-corrected chi connectivity index (χ2v) is 7.23. The van der Waals surface area contributed by atoms with E-state index in [1.54, 1.807) is 29.7 Å².